The monoisotopic (exact) mass is 323 g/mol. The number of urea groups is 1. The van der Waals surface area contributed by atoms with Gasteiger partial charge in [-0.15, -0.1) is 0 Å². The number of ether oxygens (including phenoxy) is 2. The number of rotatable bonds is 4. The molecule has 0 bridgehead atoms. The van der Waals surface area contributed by atoms with Crippen LogP contribution in [0.5, 0.6) is 11.5 Å². The lowest BCUT2D eigenvalue weighted by Gasteiger charge is -2.15. The molecule has 0 spiro atoms. The van der Waals surface area contributed by atoms with E-state index in [9.17, 15) is 4.79 Å². The zero-order valence-electron chi connectivity index (χ0n) is 13.4. The molecule has 0 fully saturated rings. The van der Waals surface area contributed by atoms with Crippen molar-refractivity contribution in [3.05, 3.63) is 54.7 Å². The molecule has 0 unspecified atom stereocenters. The molecule has 24 heavy (non-hydrogen) atoms. The maximum absolute atomic E-state index is 12.4. The Hall–Kier alpha value is -3.28. The molecule has 0 radical (unpaired) electrons. The number of nitrogens with one attached hydrogen (secondary N) is 2. The van der Waals surface area contributed by atoms with Crippen LogP contribution in [0.25, 0.3) is 10.9 Å². The molecule has 0 atom stereocenters. The average Bonchev–Trinajstić information content (AvgIpc) is 2.62. The van der Waals surface area contributed by atoms with E-state index < -0.39 is 6.03 Å². The molecule has 0 aliphatic heterocycles. The van der Waals surface area contributed by atoms with Crippen LogP contribution in [0.1, 0.15) is 0 Å². The van der Waals surface area contributed by atoms with Crippen LogP contribution in [-0.4, -0.2) is 25.2 Å². The van der Waals surface area contributed by atoms with Gasteiger partial charge in [0, 0.05) is 11.6 Å². The average molecular weight is 323 g/mol. The molecular formula is C18H17N3O3. The van der Waals surface area contributed by atoms with E-state index >= 15 is 0 Å². The van der Waals surface area contributed by atoms with E-state index in [0.29, 0.717) is 22.9 Å². The van der Waals surface area contributed by atoms with Gasteiger partial charge in [0.1, 0.15) is 17.2 Å². The predicted molar refractivity (Wildman–Crippen MR) is 93.9 cm³/mol. The second kappa shape index (κ2) is 6.87. The van der Waals surface area contributed by atoms with Gasteiger partial charge in [0.15, 0.2) is 0 Å². The van der Waals surface area contributed by atoms with Crippen molar-refractivity contribution in [1.82, 2.24) is 4.98 Å². The molecule has 2 aromatic carbocycles. The summed E-state index contributed by atoms with van der Waals surface area (Å²) >= 11 is 0. The summed E-state index contributed by atoms with van der Waals surface area (Å²) in [6, 6.07) is 14.3. The quantitative estimate of drug-likeness (QED) is 0.764. The van der Waals surface area contributed by atoms with Crippen molar-refractivity contribution in [3.8, 4) is 11.5 Å². The Morgan fingerprint density at radius 3 is 2.29 bits per heavy atom. The number of pyridine rings is 1. The van der Waals surface area contributed by atoms with Crippen LogP contribution in [0, 0.1) is 0 Å². The summed E-state index contributed by atoms with van der Waals surface area (Å²) in [5, 5.41) is 6.53. The fourth-order valence-corrected chi connectivity index (χ4v) is 2.45. The summed E-state index contributed by atoms with van der Waals surface area (Å²) in [7, 11) is 3.07. The third kappa shape index (κ3) is 3.08. The summed E-state index contributed by atoms with van der Waals surface area (Å²) < 4.78 is 10.5. The Bertz CT molecular complexity index is 853. The van der Waals surface area contributed by atoms with Crippen LogP contribution in [0.2, 0.25) is 0 Å². The maximum atomic E-state index is 12.4. The van der Waals surface area contributed by atoms with Crippen LogP contribution in [0.4, 0.5) is 16.2 Å². The van der Waals surface area contributed by atoms with E-state index in [1.807, 2.05) is 24.3 Å². The minimum atomic E-state index is -0.407. The number of hydrogen-bond donors (Lipinski definition) is 2. The van der Waals surface area contributed by atoms with Gasteiger partial charge in [-0.25, -0.2) is 4.79 Å². The largest absolute Gasteiger partial charge is 0.494 e. The van der Waals surface area contributed by atoms with E-state index in [1.54, 1.807) is 30.5 Å². The van der Waals surface area contributed by atoms with Crippen LogP contribution >= 0.6 is 0 Å². The number of carbonyl (C=O) groups excluding carboxylic acids is 1. The van der Waals surface area contributed by atoms with Crippen molar-refractivity contribution in [3.63, 3.8) is 0 Å². The summed E-state index contributed by atoms with van der Waals surface area (Å²) in [6.45, 7) is 0. The van der Waals surface area contributed by atoms with E-state index in [-0.39, 0.29) is 0 Å². The van der Waals surface area contributed by atoms with Crippen molar-refractivity contribution in [2.45, 2.75) is 0 Å². The highest BCUT2D eigenvalue weighted by atomic mass is 16.5. The van der Waals surface area contributed by atoms with E-state index in [4.69, 9.17) is 9.47 Å². The molecule has 6 nitrogen and oxygen atoms in total. The number of methoxy groups -OCH3 is 2. The highest BCUT2D eigenvalue weighted by molar-refractivity contribution is 6.06. The molecule has 2 N–H and O–H groups in total. The molecule has 6 heteroatoms. The van der Waals surface area contributed by atoms with Gasteiger partial charge in [0.2, 0.25) is 0 Å². The first-order valence-electron chi connectivity index (χ1n) is 7.35. The van der Waals surface area contributed by atoms with Crippen LogP contribution in [0.15, 0.2) is 54.7 Å². The molecule has 1 aromatic heterocycles. The molecule has 0 saturated heterocycles. The Labute approximate surface area is 139 Å². The van der Waals surface area contributed by atoms with Crippen molar-refractivity contribution in [2.24, 2.45) is 0 Å². The smallest absolute Gasteiger partial charge is 0.323 e. The highest BCUT2D eigenvalue weighted by Gasteiger charge is 2.14. The fourth-order valence-electron chi connectivity index (χ4n) is 2.45. The molecule has 0 saturated carbocycles. The standard InChI is InChI=1S/C18H17N3O3/c1-23-14-9-4-10-15(24-2)17(14)21-18(22)20-13-8-3-6-12-7-5-11-19-16(12)13/h3-11H,1-2H3,(H2,20,21,22). The Kier molecular flexibility index (Phi) is 4.47. The minimum Gasteiger partial charge on any atom is -0.494 e. The SMILES string of the molecule is COc1cccc(OC)c1NC(=O)Nc1cccc2cccnc12. The number of aromatic nitrogens is 1. The zero-order valence-corrected chi connectivity index (χ0v) is 13.4. The zero-order chi connectivity index (χ0) is 16.9. The minimum absolute atomic E-state index is 0.407. The molecule has 3 rings (SSSR count). The van der Waals surface area contributed by atoms with Crippen molar-refractivity contribution >= 4 is 28.3 Å². The van der Waals surface area contributed by atoms with Crippen LogP contribution in [-0.2, 0) is 0 Å². The first-order valence-corrected chi connectivity index (χ1v) is 7.35. The first kappa shape index (κ1) is 15.6. The number of para-hydroxylation sites is 2. The number of benzene rings is 2. The summed E-state index contributed by atoms with van der Waals surface area (Å²) in [5.41, 5.74) is 1.81. The molecule has 3 aromatic rings. The Morgan fingerprint density at radius 1 is 0.917 bits per heavy atom. The lowest BCUT2D eigenvalue weighted by atomic mass is 10.2. The topological polar surface area (TPSA) is 72.5 Å². The summed E-state index contributed by atoms with van der Waals surface area (Å²) in [4.78, 5) is 16.7. The Morgan fingerprint density at radius 2 is 1.58 bits per heavy atom. The van der Waals surface area contributed by atoms with Gasteiger partial charge in [0.25, 0.3) is 0 Å². The number of nitrogens with zero attached hydrogens (tertiary/aromatic N) is 1. The maximum Gasteiger partial charge on any atom is 0.323 e. The van der Waals surface area contributed by atoms with Crippen LogP contribution < -0.4 is 20.1 Å². The Balaban J connectivity index is 1.86. The molecule has 1 heterocycles. The molecule has 0 aliphatic rings. The van der Waals surface area contributed by atoms with Gasteiger partial charge >= 0.3 is 6.03 Å². The number of fused-ring (bicyclic) bond motifs is 1. The van der Waals surface area contributed by atoms with E-state index in [1.165, 1.54) is 14.2 Å². The first-order chi connectivity index (χ1) is 11.7. The normalized spacial score (nSPS) is 10.2. The van der Waals surface area contributed by atoms with Gasteiger partial charge in [-0.2, -0.15) is 0 Å². The third-order valence-electron chi connectivity index (χ3n) is 3.55. The van der Waals surface area contributed by atoms with Gasteiger partial charge < -0.3 is 20.1 Å². The lowest BCUT2D eigenvalue weighted by molar-refractivity contribution is 0.262. The van der Waals surface area contributed by atoms with Gasteiger partial charge in [0.05, 0.1) is 25.4 Å². The second-order valence-corrected chi connectivity index (χ2v) is 5.00. The van der Waals surface area contributed by atoms with Crippen LogP contribution in [0.3, 0.4) is 0 Å². The summed E-state index contributed by atoms with van der Waals surface area (Å²) in [6.07, 6.45) is 1.69. The lowest BCUT2D eigenvalue weighted by Crippen LogP contribution is -2.20. The number of amides is 2. The summed E-state index contributed by atoms with van der Waals surface area (Å²) in [5.74, 6) is 1.03. The van der Waals surface area contributed by atoms with E-state index in [2.05, 4.69) is 15.6 Å². The van der Waals surface area contributed by atoms with Crippen molar-refractivity contribution in [2.75, 3.05) is 24.9 Å². The van der Waals surface area contributed by atoms with Gasteiger partial charge in [-0.05, 0) is 24.3 Å². The fraction of sp³-hybridized carbons (Fsp3) is 0.111. The second-order valence-electron chi connectivity index (χ2n) is 5.00. The number of carbonyl (C=O) groups is 1. The third-order valence-corrected chi connectivity index (χ3v) is 3.55. The molecule has 0 aliphatic carbocycles. The van der Waals surface area contributed by atoms with E-state index in [0.717, 1.165) is 10.9 Å². The van der Waals surface area contributed by atoms with Crippen molar-refractivity contribution in [1.29, 1.82) is 0 Å². The van der Waals surface area contributed by atoms with Gasteiger partial charge in [-0.3, -0.25) is 4.98 Å². The highest BCUT2D eigenvalue weighted by Crippen LogP contribution is 2.34. The molecular weight excluding hydrogens is 306 g/mol. The van der Waals surface area contributed by atoms with Gasteiger partial charge in [-0.1, -0.05) is 24.3 Å². The number of hydrogen-bond acceptors (Lipinski definition) is 4. The predicted octanol–water partition coefficient (Wildman–Crippen LogP) is 3.90. The molecule has 2 amide bonds. The van der Waals surface area contributed by atoms with Crippen molar-refractivity contribution < 1.29 is 14.3 Å². The molecule has 122 valence electrons. The number of anilines is 2.